The fraction of sp³-hybridized carbons (Fsp3) is 0.375. The number of hydrogen-bond acceptors (Lipinski definition) is 10. The van der Waals surface area contributed by atoms with Gasteiger partial charge in [0.15, 0.2) is 12.4 Å². The number of carbonyl (C=O) groups is 3. The molecule has 10 heteroatoms. The first kappa shape index (κ1) is 24.0. The van der Waals surface area contributed by atoms with Crippen molar-refractivity contribution in [3.63, 3.8) is 0 Å². The second-order valence-corrected chi connectivity index (χ2v) is 7.70. The van der Waals surface area contributed by atoms with Gasteiger partial charge in [0.25, 0.3) is 0 Å². The van der Waals surface area contributed by atoms with Gasteiger partial charge < -0.3 is 36.2 Å². The molecule has 0 bridgehead atoms. The predicted octanol–water partition coefficient (Wildman–Crippen LogP) is -1.14. The number of nitrogens with two attached hydrogens (primary N) is 2. The number of rotatable bonds is 15. The van der Waals surface area contributed by atoms with Crippen molar-refractivity contribution >= 4 is 18.2 Å². The minimum Gasteiger partial charge on any atom is -0.462 e. The molecule has 0 spiro atoms. The Labute approximate surface area is 200 Å². The molecular weight excluding hydrogens is 444 g/mol. The van der Waals surface area contributed by atoms with E-state index in [0.29, 0.717) is 5.56 Å². The zero-order valence-corrected chi connectivity index (χ0v) is 18.3. The SMILES string of the molecule is [2H]N[C@@H](Cc1ccccc1)C(=O)OC[C@@H](O)[C@@H](O)[C@H](O)[C@H](C=O)OC(=O)[C@H](Cc1ccccc1)N[2H]. The monoisotopic (exact) mass is 476 g/mol. The first-order valence-electron chi connectivity index (χ1n) is 11.6. The van der Waals surface area contributed by atoms with Gasteiger partial charge in [-0.1, -0.05) is 60.7 Å². The van der Waals surface area contributed by atoms with Gasteiger partial charge in [-0.3, -0.25) is 14.4 Å². The maximum atomic E-state index is 12.4. The molecule has 184 valence electrons. The van der Waals surface area contributed by atoms with Crippen LogP contribution in [-0.4, -0.2) is 76.7 Å². The van der Waals surface area contributed by atoms with Crippen LogP contribution in [0.2, 0.25) is 2.82 Å². The lowest BCUT2D eigenvalue weighted by atomic mass is 10.0. The molecule has 2 aromatic rings. The highest BCUT2D eigenvalue weighted by Gasteiger charge is 2.35. The normalized spacial score (nSPS) is 17.1. The van der Waals surface area contributed by atoms with Crippen molar-refractivity contribution in [2.45, 2.75) is 49.3 Å². The first-order valence-corrected chi connectivity index (χ1v) is 10.6. The second kappa shape index (κ2) is 13.5. The molecule has 0 unspecified atom stereocenters. The van der Waals surface area contributed by atoms with E-state index in [4.69, 9.17) is 12.3 Å². The van der Waals surface area contributed by atoms with Crippen LogP contribution >= 0.6 is 0 Å². The van der Waals surface area contributed by atoms with Gasteiger partial charge in [-0.2, -0.15) is 0 Å². The lowest BCUT2D eigenvalue weighted by Crippen LogP contribution is -2.50. The number of ether oxygens (including phenoxy) is 2. The van der Waals surface area contributed by atoms with E-state index in [1.165, 1.54) is 0 Å². The first-order chi connectivity index (χ1) is 17.3. The Hall–Kier alpha value is -3.15. The van der Waals surface area contributed by atoms with Crippen molar-refractivity contribution in [1.29, 1.82) is 0 Å². The number of aliphatic hydroxyl groups excluding tert-OH is 3. The third-order valence-electron chi connectivity index (χ3n) is 5.00. The Bertz CT molecular complexity index is 954. The summed E-state index contributed by atoms with van der Waals surface area (Å²) in [5.74, 6) is -1.90. The van der Waals surface area contributed by atoms with Gasteiger partial charge >= 0.3 is 11.9 Å². The number of benzene rings is 2. The van der Waals surface area contributed by atoms with E-state index in [0.717, 1.165) is 5.56 Å². The Balaban J connectivity index is 1.89. The van der Waals surface area contributed by atoms with E-state index in [2.05, 4.69) is 5.73 Å². The maximum Gasteiger partial charge on any atom is 0.324 e. The van der Waals surface area contributed by atoms with Gasteiger partial charge in [-0.15, -0.1) is 0 Å². The standard InChI is InChI=1S/C24H30N2O8/c25-17(11-15-7-3-1-4-8-15)23(31)33-14-19(28)21(29)22(30)20(13-27)34-24(32)18(26)12-16-9-5-2-6-10-16/h1-10,13,17-22,28-30H,11-12,14,25-26H2/t17-,18-,19+,20-,21+,22+/m0/s1/i/hD2. The number of aliphatic hydroxyl groups is 3. The van der Waals surface area contributed by atoms with Crippen LogP contribution in [0.5, 0.6) is 0 Å². The van der Waals surface area contributed by atoms with E-state index in [9.17, 15) is 29.7 Å². The lowest BCUT2D eigenvalue weighted by Gasteiger charge is -2.27. The third-order valence-corrected chi connectivity index (χ3v) is 5.00. The van der Waals surface area contributed by atoms with Crippen LogP contribution in [0.25, 0.3) is 0 Å². The number of aldehydes is 1. The molecule has 0 fully saturated rings. The predicted molar refractivity (Wildman–Crippen MR) is 121 cm³/mol. The number of hydrogen-bond donors (Lipinski definition) is 5. The van der Waals surface area contributed by atoms with Crippen LogP contribution in [0, 0.1) is 0 Å². The zero-order chi connectivity index (χ0) is 26.5. The molecule has 0 saturated heterocycles. The Morgan fingerprint density at radius 2 is 1.35 bits per heavy atom. The van der Waals surface area contributed by atoms with Crippen LogP contribution in [0.4, 0.5) is 0 Å². The molecule has 0 radical (unpaired) electrons. The van der Waals surface area contributed by atoms with E-state index in [-0.39, 0.29) is 19.1 Å². The van der Waals surface area contributed by atoms with Gasteiger partial charge in [-0.25, -0.2) is 0 Å². The summed E-state index contributed by atoms with van der Waals surface area (Å²) in [5, 5.41) is 30.7. The van der Waals surface area contributed by atoms with Gasteiger partial charge in [-0.05, 0) is 24.0 Å². The lowest BCUT2D eigenvalue weighted by molar-refractivity contribution is -0.171. The minimum absolute atomic E-state index is 0.0696. The average Bonchev–Trinajstić information content (AvgIpc) is 2.91. The third kappa shape index (κ3) is 8.32. The molecule has 0 aliphatic rings. The quantitative estimate of drug-likeness (QED) is 0.156. The fourth-order valence-electron chi connectivity index (χ4n) is 3.05. The molecule has 7 N–H and O–H groups in total. The second-order valence-electron chi connectivity index (χ2n) is 7.70. The topological polar surface area (TPSA) is 182 Å². The highest BCUT2D eigenvalue weighted by atomic mass is 16.6. The van der Waals surface area contributed by atoms with E-state index in [1.807, 2.05) is 5.73 Å². The van der Waals surface area contributed by atoms with Crippen LogP contribution in [0.1, 0.15) is 11.1 Å². The summed E-state index contributed by atoms with van der Waals surface area (Å²) in [5.41, 5.74) is 5.57. The molecule has 0 amide bonds. The van der Waals surface area contributed by atoms with Crippen LogP contribution < -0.4 is 11.5 Å². The molecule has 0 aliphatic heterocycles. The van der Waals surface area contributed by atoms with E-state index in [1.54, 1.807) is 60.7 Å². The van der Waals surface area contributed by atoms with Gasteiger partial charge in [0.1, 0.15) is 39.8 Å². The molecule has 2 aromatic carbocycles. The zero-order valence-electron chi connectivity index (χ0n) is 20.3. The molecule has 2 rings (SSSR count). The Morgan fingerprint density at radius 3 is 1.82 bits per heavy atom. The molecular formula is C24H30N2O8. The molecule has 0 aromatic heterocycles. The molecule has 10 nitrogen and oxygen atoms in total. The summed E-state index contributed by atoms with van der Waals surface area (Å²) in [6.45, 7) is -0.755. The average molecular weight is 477 g/mol. The largest absolute Gasteiger partial charge is 0.462 e. The van der Waals surface area contributed by atoms with Gasteiger partial charge in [0.05, 0.1) is 0 Å². The van der Waals surface area contributed by atoms with Crippen molar-refractivity contribution < 1.29 is 42.0 Å². The van der Waals surface area contributed by atoms with E-state index >= 15 is 0 Å². The van der Waals surface area contributed by atoms with Crippen molar-refractivity contribution in [2.75, 3.05) is 6.61 Å². The Kier molecular flexibility index (Phi) is 9.55. The maximum absolute atomic E-state index is 12.4. The van der Waals surface area contributed by atoms with Gasteiger partial charge in [0, 0.05) is 0 Å². The fourth-order valence-corrected chi connectivity index (χ4v) is 3.05. The summed E-state index contributed by atoms with van der Waals surface area (Å²) in [7, 11) is 0. The van der Waals surface area contributed by atoms with Crippen molar-refractivity contribution in [3.05, 3.63) is 71.8 Å². The summed E-state index contributed by atoms with van der Waals surface area (Å²) < 4.78 is 24.6. The molecule has 0 saturated carbocycles. The van der Waals surface area contributed by atoms with Crippen molar-refractivity contribution in [1.82, 2.24) is 0 Å². The summed E-state index contributed by atoms with van der Waals surface area (Å²) in [4.78, 5) is 36.1. The summed E-state index contributed by atoms with van der Waals surface area (Å²) in [6.07, 6.45) is -7.46. The van der Waals surface area contributed by atoms with Crippen LogP contribution in [0.15, 0.2) is 60.7 Å². The van der Waals surface area contributed by atoms with Crippen molar-refractivity contribution in [3.8, 4) is 0 Å². The number of esters is 2. The highest BCUT2D eigenvalue weighted by Crippen LogP contribution is 2.11. The number of carbonyl (C=O) groups excluding carboxylic acids is 3. The van der Waals surface area contributed by atoms with E-state index < -0.39 is 55.0 Å². The minimum atomic E-state index is -2.04. The van der Waals surface area contributed by atoms with Crippen molar-refractivity contribution in [2.24, 2.45) is 11.5 Å². The summed E-state index contributed by atoms with van der Waals surface area (Å²) >= 11 is 0. The van der Waals surface area contributed by atoms with Crippen LogP contribution in [0.3, 0.4) is 0 Å². The molecule has 34 heavy (non-hydrogen) atoms. The molecule has 6 atom stereocenters. The van der Waals surface area contributed by atoms with Gasteiger partial charge in [0.2, 0.25) is 0 Å². The molecule has 0 aliphatic carbocycles. The highest BCUT2D eigenvalue weighted by molar-refractivity contribution is 5.78. The van der Waals surface area contributed by atoms with Crippen LogP contribution in [-0.2, 0) is 36.7 Å². The smallest absolute Gasteiger partial charge is 0.324 e. The summed E-state index contributed by atoms with van der Waals surface area (Å²) in [6, 6.07) is 15.4. The Morgan fingerprint density at radius 1 is 0.853 bits per heavy atom. The molecule has 0 heterocycles.